The van der Waals surface area contributed by atoms with Crippen LogP contribution in [0.1, 0.15) is 50.8 Å². The van der Waals surface area contributed by atoms with Crippen LogP contribution in [0, 0.1) is 5.41 Å². The van der Waals surface area contributed by atoms with Crippen LogP contribution in [0.4, 0.5) is 4.79 Å². The lowest BCUT2D eigenvalue weighted by Gasteiger charge is -2.46. The fraction of sp³-hybridized carbons (Fsp3) is 0.345. The Balaban J connectivity index is 1.54. The molecule has 1 aliphatic rings. The second kappa shape index (κ2) is 9.90. The van der Waals surface area contributed by atoms with Crippen molar-refractivity contribution < 1.29 is 9.53 Å². The Morgan fingerprint density at radius 1 is 1.06 bits per heavy atom. The largest absolute Gasteiger partial charge is 0.438 e. The number of nitrogens with zero attached hydrogens (tertiary/aromatic N) is 2. The van der Waals surface area contributed by atoms with Gasteiger partial charge in [-0.3, -0.25) is 4.79 Å². The molecule has 2 atom stereocenters. The van der Waals surface area contributed by atoms with Gasteiger partial charge in [0.2, 0.25) is 5.56 Å². The number of pyridine rings is 1. The lowest BCUT2D eigenvalue weighted by Crippen LogP contribution is -2.50. The van der Waals surface area contributed by atoms with Crippen LogP contribution in [0.2, 0.25) is 0 Å². The Morgan fingerprint density at radius 2 is 1.74 bits per heavy atom. The van der Waals surface area contributed by atoms with E-state index >= 15 is 0 Å². The summed E-state index contributed by atoms with van der Waals surface area (Å²) < 4.78 is 6.29. The van der Waals surface area contributed by atoms with Gasteiger partial charge >= 0.3 is 6.09 Å². The van der Waals surface area contributed by atoms with E-state index in [4.69, 9.17) is 4.74 Å². The molecule has 2 heterocycles. The van der Waals surface area contributed by atoms with Gasteiger partial charge in [0.25, 0.3) is 0 Å². The highest BCUT2D eigenvalue weighted by Gasteiger charge is 2.46. The first kappa shape index (κ1) is 24.5. The third kappa shape index (κ3) is 5.37. The fourth-order valence-corrected chi connectivity index (χ4v) is 5.05. The van der Waals surface area contributed by atoms with Crippen LogP contribution in [-0.2, 0) is 10.3 Å². The third-order valence-corrected chi connectivity index (χ3v) is 6.86. The lowest BCUT2D eigenvalue weighted by atomic mass is 9.74. The summed E-state index contributed by atoms with van der Waals surface area (Å²) >= 11 is 0. The molecular weight excluding hydrogens is 438 g/mol. The summed E-state index contributed by atoms with van der Waals surface area (Å²) in [5.41, 5.74) is 2.99. The molecule has 1 saturated heterocycles. The number of carbonyl (C=O) groups excluding carboxylic acids is 1. The van der Waals surface area contributed by atoms with Crippen LogP contribution < -0.4 is 5.56 Å². The van der Waals surface area contributed by atoms with Gasteiger partial charge in [-0.1, -0.05) is 68.4 Å². The average molecular weight is 472 g/mol. The van der Waals surface area contributed by atoms with Gasteiger partial charge in [-0.15, -0.1) is 0 Å². The highest BCUT2D eigenvalue weighted by molar-refractivity contribution is 5.70. The van der Waals surface area contributed by atoms with Crippen LogP contribution in [0.15, 0.2) is 82.7 Å². The van der Waals surface area contributed by atoms with E-state index in [0.29, 0.717) is 25.9 Å². The van der Waals surface area contributed by atoms with Gasteiger partial charge in [0.1, 0.15) is 5.60 Å². The quantitative estimate of drug-likeness (QED) is 0.412. The van der Waals surface area contributed by atoms with E-state index in [2.05, 4.69) is 30.5 Å². The summed E-state index contributed by atoms with van der Waals surface area (Å²) in [6.07, 6.45) is 2.77. The predicted octanol–water partition coefficient (Wildman–Crippen LogP) is 5.96. The number of aliphatic imine (C=N–C) groups is 1. The summed E-state index contributed by atoms with van der Waals surface area (Å²) in [6, 6.07) is 21.3. The molecule has 4 rings (SSSR count). The molecule has 182 valence electrons. The van der Waals surface area contributed by atoms with Crippen molar-refractivity contribution in [1.82, 2.24) is 9.88 Å². The minimum atomic E-state index is -0.698. The Hall–Kier alpha value is -3.67. The zero-order chi connectivity index (χ0) is 25.1. The fourth-order valence-electron chi connectivity index (χ4n) is 5.05. The number of nitrogens with one attached hydrogen (secondary N) is 1. The van der Waals surface area contributed by atoms with Gasteiger partial charge in [0.15, 0.2) is 0 Å². The number of hydrogen-bond acceptors (Lipinski definition) is 4. The van der Waals surface area contributed by atoms with Crippen LogP contribution in [-0.4, -0.2) is 35.8 Å². The molecule has 3 aromatic rings. The molecule has 0 bridgehead atoms. The maximum Gasteiger partial charge on any atom is 0.411 e. The van der Waals surface area contributed by atoms with Crippen molar-refractivity contribution in [2.75, 3.05) is 13.1 Å². The Kier molecular flexibility index (Phi) is 6.92. The predicted molar refractivity (Wildman–Crippen MR) is 140 cm³/mol. The molecule has 1 amide bonds. The first-order chi connectivity index (χ1) is 16.7. The molecule has 0 radical (unpaired) electrons. The molecule has 35 heavy (non-hydrogen) atoms. The van der Waals surface area contributed by atoms with Crippen molar-refractivity contribution in [3.8, 4) is 11.1 Å². The third-order valence-electron chi connectivity index (χ3n) is 6.86. The molecular formula is C29H33N3O3. The summed E-state index contributed by atoms with van der Waals surface area (Å²) in [5, 5.41) is 0. The molecule has 0 spiro atoms. The number of benzene rings is 2. The highest BCUT2D eigenvalue weighted by Crippen LogP contribution is 2.44. The summed E-state index contributed by atoms with van der Waals surface area (Å²) in [6.45, 7) is 11.2. The number of ether oxygens (including phenoxy) is 1. The van der Waals surface area contributed by atoms with Crippen molar-refractivity contribution in [2.24, 2.45) is 10.4 Å². The van der Waals surface area contributed by atoms with Gasteiger partial charge in [0, 0.05) is 31.8 Å². The summed E-state index contributed by atoms with van der Waals surface area (Å²) in [5.74, 6) is 0. The molecule has 2 aromatic carbocycles. The van der Waals surface area contributed by atoms with Crippen LogP contribution in [0.25, 0.3) is 11.1 Å². The maximum absolute atomic E-state index is 13.4. The van der Waals surface area contributed by atoms with Gasteiger partial charge in [-0.05, 0) is 53.8 Å². The maximum atomic E-state index is 13.4. The lowest BCUT2D eigenvalue weighted by molar-refractivity contribution is -0.0814. The van der Waals surface area contributed by atoms with Crippen LogP contribution in [0.5, 0.6) is 0 Å². The number of amides is 1. The topological polar surface area (TPSA) is 74.8 Å². The van der Waals surface area contributed by atoms with Crippen molar-refractivity contribution >= 4 is 12.8 Å². The molecule has 6 nitrogen and oxygen atoms in total. The second-order valence-electron chi connectivity index (χ2n) is 10.1. The molecule has 1 aliphatic heterocycles. The van der Waals surface area contributed by atoms with E-state index in [1.165, 1.54) is 6.07 Å². The van der Waals surface area contributed by atoms with Gasteiger partial charge in [-0.25, -0.2) is 4.79 Å². The molecule has 1 N–H and O–H groups in total. The number of aromatic nitrogens is 1. The molecule has 0 unspecified atom stereocenters. The monoisotopic (exact) mass is 471 g/mol. The van der Waals surface area contributed by atoms with Crippen molar-refractivity contribution in [3.63, 3.8) is 0 Å². The first-order valence-electron chi connectivity index (χ1n) is 12.0. The Bertz CT molecular complexity index is 1210. The number of H-pyrrole nitrogens is 1. The Morgan fingerprint density at radius 3 is 2.34 bits per heavy atom. The standard InChI is InChI=1S/C29H33N3O3/c1-21(22-10-12-23(13-11-22)24-14-15-26(33)31-18-24)32-17-16-29(35-27(32)34,19-28(2,3)20-30-4)25-8-6-5-7-9-25/h5-15,18,21H,4,16-17,19-20H2,1-3H3,(H,31,33)/t21-,29-/m0/s1. The molecule has 0 saturated carbocycles. The smallest absolute Gasteiger partial charge is 0.411 e. The van der Waals surface area contributed by atoms with E-state index in [1.807, 2.05) is 61.5 Å². The normalized spacial score (nSPS) is 19.2. The SMILES string of the molecule is C=NCC(C)(C)C[C@]1(c2ccccc2)CCN([C@@H](C)c2ccc(-c3ccc(=O)[nH]c3)cc2)C(=O)O1. The molecule has 6 heteroatoms. The van der Waals surface area contributed by atoms with Crippen molar-refractivity contribution in [1.29, 1.82) is 0 Å². The average Bonchev–Trinajstić information content (AvgIpc) is 2.84. The van der Waals surface area contributed by atoms with Gasteiger partial charge < -0.3 is 19.6 Å². The summed E-state index contributed by atoms with van der Waals surface area (Å²) in [4.78, 5) is 33.4. The minimum absolute atomic E-state index is 0.127. The van der Waals surface area contributed by atoms with Crippen LogP contribution in [0.3, 0.4) is 0 Å². The second-order valence-corrected chi connectivity index (χ2v) is 10.1. The zero-order valence-corrected chi connectivity index (χ0v) is 20.7. The molecule has 1 aromatic heterocycles. The number of carbonyl (C=O) groups is 1. The number of aromatic amines is 1. The number of hydrogen-bond donors (Lipinski definition) is 1. The van der Waals surface area contributed by atoms with Gasteiger partial charge in [-0.2, -0.15) is 0 Å². The van der Waals surface area contributed by atoms with E-state index in [-0.39, 0.29) is 23.1 Å². The van der Waals surface area contributed by atoms with E-state index in [9.17, 15) is 9.59 Å². The highest BCUT2D eigenvalue weighted by atomic mass is 16.6. The minimum Gasteiger partial charge on any atom is -0.438 e. The van der Waals surface area contributed by atoms with Crippen molar-refractivity contribution in [3.05, 3.63) is 94.4 Å². The van der Waals surface area contributed by atoms with Crippen molar-refractivity contribution in [2.45, 2.75) is 45.3 Å². The first-order valence-corrected chi connectivity index (χ1v) is 12.0. The van der Waals surface area contributed by atoms with Gasteiger partial charge in [0.05, 0.1) is 6.04 Å². The van der Waals surface area contributed by atoms with E-state index in [1.54, 1.807) is 17.2 Å². The summed E-state index contributed by atoms with van der Waals surface area (Å²) in [7, 11) is 0. The van der Waals surface area contributed by atoms with Crippen LogP contribution >= 0.6 is 0 Å². The Labute approximate surface area is 206 Å². The molecule has 1 fully saturated rings. The zero-order valence-electron chi connectivity index (χ0n) is 20.7. The molecule has 0 aliphatic carbocycles. The number of rotatable bonds is 8. The number of cyclic esters (lactones) is 1. The van der Waals surface area contributed by atoms with E-state index in [0.717, 1.165) is 22.3 Å². The van der Waals surface area contributed by atoms with E-state index < -0.39 is 5.60 Å².